The van der Waals surface area contributed by atoms with E-state index in [1.165, 1.54) is 10.8 Å². The molecule has 2 heterocycles. The highest BCUT2D eigenvalue weighted by atomic mass is 16.3. The third-order valence-corrected chi connectivity index (χ3v) is 10.9. The summed E-state index contributed by atoms with van der Waals surface area (Å²) in [7, 11) is 0. The molecule has 0 bridgehead atoms. The van der Waals surface area contributed by atoms with E-state index in [0.717, 1.165) is 94.3 Å². The van der Waals surface area contributed by atoms with Crippen molar-refractivity contribution in [2.75, 3.05) is 4.90 Å². The summed E-state index contributed by atoms with van der Waals surface area (Å²) in [5.41, 5.74) is 13.3. The monoisotopic (exact) mass is 703 g/mol. The lowest BCUT2D eigenvalue weighted by Gasteiger charge is -2.26. The van der Waals surface area contributed by atoms with Gasteiger partial charge in [-0.05, 0) is 87.6 Å². The first-order chi connectivity index (χ1) is 27.3. The van der Waals surface area contributed by atoms with Crippen molar-refractivity contribution in [2.24, 2.45) is 0 Å². The summed E-state index contributed by atoms with van der Waals surface area (Å²) < 4.78 is 13.2. The minimum atomic E-state index is 0.877. The third kappa shape index (κ3) is 5.20. The fourth-order valence-corrected chi connectivity index (χ4v) is 8.27. The highest BCUT2D eigenvalue weighted by Gasteiger charge is 2.20. The summed E-state index contributed by atoms with van der Waals surface area (Å²) in [4.78, 5) is 2.34. The Bertz CT molecular complexity index is 3220. The first kappa shape index (κ1) is 31.2. The van der Waals surface area contributed by atoms with Gasteiger partial charge in [-0.25, -0.2) is 0 Å². The van der Waals surface area contributed by atoms with Crippen LogP contribution >= 0.6 is 0 Å². The van der Waals surface area contributed by atoms with Crippen LogP contribution in [0.15, 0.2) is 209 Å². The zero-order valence-electron chi connectivity index (χ0n) is 29.8. The van der Waals surface area contributed by atoms with E-state index < -0.39 is 0 Å². The predicted molar refractivity (Wildman–Crippen MR) is 229 cm³/mol. The largest absolute Gasteiger partial charge is 0.455 e. The van der Waals surface area contributed by atoms with Crippen LogP contribution in [0, 0.1) is 0 Å². The molecule has 3 heteroatoms. The second kappa shape index (κ2) is 12.6. The number of furan rings is 2. The molecule has 0 aliphatic carbocycles. The number of hydrogen-bond acceptors (Lipinski definition) is 3. The van der Waals surface area contributed by atoms with E-state index in [2.05, 4.69) is 181 Å². The molecule has 2 aromatic heterocycles. The number of hydrogen-bond donors (Lipinski definition) is 0. The van der Waals surface area contributed by atoms with Crippen molar-refractivity contribution in [1.82, 2.24) is 0 Å². The van der Waals surface area contributed by atoms with Crippen LogP contribution in [0.2, 0.25) is 0 Å². The molecule has 0 saturated heterocycles. The van der Waals surface area contributed by atoms with Crippen molar-refractivity contribution in [3.05, 3.63) is 200 Å². The van der Waals surface area contributed by atoms with Gasteiger partial charge in [-0.3, -0.25) is 0 Å². The van der Waals surface area contributed by atoms with Gasteiger partial charge in [-0.2, -0.15) is 0 Å². The van der Waals surface area contributed by atoms with Crippen molar-refractivity contribution < 1.29 is 8.83 Å². The second-order valence-electron chi connectivity index (χ2n) is 14.1. The molecule has 55 heavy (non-hydrogen) atoms. The summed E-state index contributed by atoms with van der Waals surface area (Å²) >= 11 is 0. The number of benzene rings is 9. The number of fused-ring (bicyclic) bond motifs is 7. The average Bonchev–Trinajstić information content (AvgIpc) is 3.83. The molecule has 0 unspecified atom stereocenters. The lowest BCUT2D eigenvalue weighted by molar-refractivity contribution is 0.670. The fourth-order valence-electron chi connectivity index (χ4n) is 8.27. The highest BCUT2D eigenvalue weighted by molar-refractivity contribution is 6.12. The molecular formula is C52H33NO2. The normalized spacial score (nSPS) is 11.6. The lowest BCUT2D eigenvalue weighted by atomic mass is 9.89. The van der Waals surface area contributed by atoms with Crippen LogP contribution in [0.25, 0.3) is 88.0 Å². The van der Waals surface area contributed by atoms with Gasteiger partial charge in [0.25, 0.3) is 0 Å². The van der Waals surface area contributed by atoms with Gasteiger partial charge in [0.05, 0.1) is 0 Å². The molecule has 3 nitrogen and oxygen atoms in total. The molecule has 0 fully saturated rings. The van der Waals surface area contributed by atoms with Crippen molar-refractivity contribution in [3.63, 3.8) is 0 Å². The minimum absolute atomic E-state index is 0.877. The molecule has 0 N–H and O–H groups in total. The average molecular weight is 704 g/mol. The van der Waals surface area contributed by atoms with E-state index in [4.69, 9.17) is 8.83 Å². The number of para-hydroxylation sites is 5. The molecule has 11 aromatic rings. The van der Waals surface area contributed by atoms with Crippen molar-refractivity contribution >= 4 is 71.7 Å². The van der Waals surface area contributed by atoms with Gasteiger partial charge in [0.2, 0.25) is 0 Å². The second-order valence-corrected chi connectivity index (χ2v) is 14.1. The van der Waals surface area contributed by atoms with Crippen LogP contribution in [-0.4, -0.2) is 0 Å². The Kier molecular flexibility index (Phi) is 7.17. The number of anilines is 3. The van der Waals surface area contributed by atoms with E-state index in [9.17, 15) is 0 Å². The van der Waals surface area contributed by atoms with Gasteiger partial charge in [0, 0.05) is 49.7 Å². The molecule has 0 aliphatic heterocycles. The summed E-state index contributed by atoms with van der Waals surface area (Å²) in [5.74, 6) is 0. The van der Waals surface area contributed by atoms with Crippen molar-refractivity contribution in [2.45, 2.75) is 0 Å². The first-order valence-electron chi connectivity index (χ1n) is 18.7. The Morgan fingerprint density at radius 1 is 0.291 bits per heavy atom. The molecule has 9 aromatic carbocycles. The van der Waals surface area contributed by atoms with Crippen LogP contribution < -0.4 is 4.90 Å². The Hall–Kier alpha value is -7.36. The minimum Gasteiger partial charge on any atom is -0.455 e. The summed E-state index contributed by atoms with van der Waals surface area (Å²) in [5, 5.41) is 6.86. The zero-order valence-corrected chi connectivity index (χ0v) is 29.8. The first-order valence-corrected chi connectivity index (χ1v) is 18.7. The molecule has 0 spiro atoms. The topological polar surface area (TPSA) is 29.5 Å². The standard InChI is InChI=1S/C52H33NO2/c1-2-16-38(17-3-1)53(40-29-27-34-13-4-5-14-35(34)31-40)39-18-10-15-36(32-39)41-30-28-37(42-21-11-22-45-43-19-6-8-25-49(43)54-51(42)45)33-48(41)47-24-12-23-46-44-20-7-9-26-50(44)55-52(46)47/h1-33H. The molecule has 0 aliphatic rings. The van der Waals surface area contributed by atoms with Crippen LogP contribution in [0.1, 0.15) is 0 Å². The summed E-state index contributed by atoms with van der Waals surface area (Å²) in [6.45, 7) is 0. The van der Waals surface area contributed by atoms with E-state index >= 15 is 0 Å². The molecule has 11 rings (SSSR count). The maximum Gasteiger partial charge on any atom is 0.143 e. The SMILES string of the molecule is c1ccc(N(c2cccc(-c3ccc(-c4cccc5c4oc4ccccc45)cc3-c3cccc4c3oc3ccccc34)c2)c2ccc3ccccc3c2)cc1. The number of nitrogens with zero attached hydrogens (tertiary/aromatic N) is 1. The number of rotatable bonds is 6. The van der Waals surface area contributed by atoms with Gasteiger partial charge in [-0.15, -0.1) is 0 Å². The Balaban J connectivity index is 1.13. The van der Waals surface area contributed by atoms with E-state index in [1.54, 1.807) is 0 Å². The molecular weight excluding hydrogens is 671 g/mol. The summed E-state index contributed by atoms with van der Waals surface area (Å²) in [6, 6.07) is 71.0. The van der Waals surface area contributed by atoms with Gasteiger partial charge in [-0.1, -0.05) is 146 Å². The Morgan fingerprint density at radius 2 is 0.855 bits per heavy atom. The van der Waals surface area contributed by atoms with Crippen molar-refractivity contribution in [1.29, 1.82) is 0 Å². The summed E-state index contributed by atoms with van der Waals surface area (Å²) in [6.07, 6.45) is 0. The van der Waals surface area contributed by atoms with E-state index in [-0.39, 0.29) is 0 Å². The Morgan fingerprint density at radius 3 is 1.62 bits per heavy atom. The van der Waals surface area contributed by atoms with Crippen molar-refractivity contribution in [3.8, 4) is 33.4 Å². The van der Waals surface area contributed by atoms with Gasteiger partial charge >= 0.3 is 0 Å². The predicted octanol–water partition coefficient (Wildman–Crippen LogP) is 15.1. The van der Waals surface area contributed by atoms with Crippen LogP contribution in [-0.2, 0) is 0 Å². The Labute approximate surface area is 317 Å². The van der Waals surface area contributed by atoms with Crippen LogP contribution in [0.3, 0.4) is 0 Å². The maximum atomic E-state index is 6.67. The molecule has 0 atom stereocenters. The highest BCUT2D eigenvalue weighted by Crippen LogP contribution is 2.45. The van der Waals surface area contributed by atoms with Crippen LogP contribution in [0.4, 0.5) is 17.1 Å². The van der Waals surface area contributed by atoms with Crippen LogP contribution in [0.5, 0.6) is 0 Å². The van der Waals surface area contributed by atoms with Gasteiger partial charge < -0.3 is 13.7 Å². The molecule has 0 saturated carbocycles. The van der Waals surface area contributed by atoms with E-state index in [1.807, 2.05) is 24.3 Å². The molecule has 0 amide bonds. The van der Waals surface area contributed by atoms with Gasteiger partial charge in [0.15, 0.2) is 0 Å². The van der Waals surface area contributed by atoms with Gasteiger partial charge in [0.1, 0.15) is 22.3 Å². The maximum absolute atomic E-state index is 6.67. The smallest absolute Gasteiger partial charge is 0.143 e. The van der Waals surface area contributed by atoms with E-state index in [0.29, 0.717) is 0 Å². The lowest BCUT2D eigenvalue weighted by Crippen LogP contribution is -2.09. The molecule has 0 radical (unpaired) electrons. The molecule has 258 valence electrons. The third-order valence-electron chi connectivity index (χ3n) is 10.9. The zero-order chi connectivity index (χ0) is 36.3. The quantitative estimate of drug-likeness (QED) is 0.173. The fraction of sp³-hybridized carbons (Fsp3) is 0.